The standard InChI is InChI=1S/C14H19N3O2S2/c15-14(20)10-3-1-4-11(9-10)21(18,19)16-12-6-8-17-7-2-5-13(12)17/h1,3-4,9,12-13,16H,2,5-8H2,(H2,15,20). The van der Waals surface area contributed by atoms with Crippen LogP contribution in [-0.4, -0.2) is 43.5 Å². The highest BCUT2D eigenvalue weighted by Gasteiger charge is 2.39. The van der Waals surface area contributed by atoms with E-state index in [0.29, 0.717) is 11.6 Å². The SMILES string of the molecule is NC(=S)c1cccc(S(=O)(=O)NC2CCN3CCCC23)c1. The van der Waals surface area contributed by atoms with Crippen LogP contribution in [0, 0.1) is 0 Å². The lowest BCUT2D eigenvalue weighted by Gasteiger charge is -2.21. The Morgan fingerprint density at radius 3 is 2.90 bits per heavy atom. The summed E-state index contributed by atoms with van der Waals surface area (Å²) in [5.41, 5.74) is 6.14. The van der Waals surface area contributed by atoms with Gasteiger partial charge in [0, 0.05) is 24.2 Å². The van der Waals surface area contributed by atoms with Gasteiger partial charge in [0.1, 0.15) is 4.99 Å². The maximum absolute atomic E-state index is 12.5. The smallest absolute Gasteiger partial charge is 0.240 e. The monoisotopic (exact) mass is 325 g/mol. The Bertz CT molecular complexity index is 660. The van der Waals surface area contributed by atoms with E-state index in [1.165, 1.54) is 6.07 Å². The maximum atomic E-state index is 12.5. The minimum absolute atomic E-state index is 0.00554. The largest absolute Gasteiger partial charge is 0.389 e. The molecule has 1 aromatic carbocycles. The van der Waals surface area contributed by atoms with Crippen molar-refractivity contribution in [2.24, 2.45) is 5.73 Å². The molecule has 2 atom stereocenters. The third-order valence-electron chi connectivity index (χ3n) is 4.34. The number of rotatable bonds is 4. The minimum atomic E-state index is -3.53. The molecule has 2 fully saturated rings. The Balaban J connectivity index is 1.81. The molecule has 0 saturated carbocycles. The number of nitrogens with zero attached hydrogens (tertiary/aromatic N) is 1. The highest BCUT2D eigenvalue weighted by molar-refractivity contribution is 7.89. The van der Waals surface area contributed by atoms with E-state index in [9.17, 15) is 8.42 Å². The molecule has 21 heavy (non-hydrogen) atoms. The van der Waals surface area contributed by atoms with Crippen LogP contribution in [0.15, 0.2) is 29.2 Å². The molecule has 1 aromatic rings. The summed E-state index contributed by atoms with van der Waals surface area (Å²) in [4.78, 5) is 2.80. The van der Waals surface area contributed by atoms with Gasteiger partial charge in [0.15, 0.2) is 0 Å². The predicted octanol–water partition coefficient (Wildman–Crippen LogP) is 0.836. The second-order valence-corrected chi connectivity index (χ2v) is 7.81. The van der Waals surface area contributed by atoms with Gasteiger partial charge in [-0.15, -0.1) is 0 Å². The molecule has 2 heterocycles. The fourth-order valence-electron chi connectivity index (χ4n) is 3.30. The van der Waals surface area contributed by atoms with E-state index < -0.39 is 10.0 Å². The molecule has 0 bridgehead atoms. The Kier molecular flexibility index (Phi) is 4.00. The predicted molar refractivity (Wildman–Crippen MR) is 85.7 cm³/mol. The molecule has 0 amide bonds. The highest BCUT2D eigenvalue weighted by atomic mass is 32.2. The van der Waals surface area contributed by atoms with Crippen LogP contribution in [0.1, 0.15) is 24.8 Å². The molecule has 3 rings (SSSR count). The number of fused-ring (bicyclic) bond motifs is 1. The lowest BCUT2D eigenvalue weighted by atomic mass is 10.1. The van der Waals surface area contributed by atoms with Crippen molar-refractivity contribution in [2.75, 3.05) is 13.1 Å². The fraction of sp³-hybridized carbons (Fsp3) is 0.500. The maximum Gasteiger partial charge on any atom is 0.240 e. The van der Waals surface area contributed by atoms with Crippen LogP contribution in [-0.2, 0) is 10.0 Å². The summed E-state index contributed by atoms with van der Waals surface area (Å²) in [7, 11) is -3.53. The number of benzene rings is 1. The first-order valence-electron chi connectivity index (χ1n) is 7.13. The van der Waals surface area contributed by atoms with Crippen LogP contribution in [0.4, 0.5) is 0 Å². The van der Waals surface area contributed by atoms with Gasteiger partial charge in [0.25, 0.3) is 0 Å². The lowest BCUT2D eigenvalue weighted by molar-refractivity contribution is 0.309. The number of thiocarbonyl (C=S) groups is 1. The molecule has 0 radical (unpaired) electrons. The van der Waals surface area contributed by atoms with Crippen LogP contribution < -0.4 is 10.5 Å². The Morgan fingerprint density at radius 1 is 1.33 bits per heavy atom. The number of hydrogen-bond donors (Lipinski definition) is 2. The van der Waals surface area contributed by atoms with Crippen LogP contribution >= 0.6 is 12.2 Å². The summed E-state index contributed by atoms with van der Waals surface area (Å²) >= 11 is 4.91. The van der Waals surface area contributed by atoms with Crippen molar-refractivity contribution in [3.63, 3.8) is 0 Å². The summed E-state index contributed by atoms with van der Waals surface area (Å²) in [6.45, 7) is 2.06. The molecule has 5 nitrogen and oxygen atoms in total. The summed E-state index contributed by atoms with van der Waals surface area (Å²) < 4.78 is 27.9. The summed E-state index contributed by atoms with van der Waals surface area (Å²) in [5, 5.41) is 0. The zero-order valence-corrected chi connectivity index (χ0v) is 13.3. The van der Waals surface area contributed by atoms with Gasteiger partial charge in [-0.1, -0.05) is 24.4 Å². The highest BCUT2D eigenvalue weighted by Crippen LogP contribution is 2.29. The third kappa shape index (κ3) is 2.96. The third-order valence-corrected chi connectivity index (χ3v) is 6.06. The molecule has 2 aliphatic rings. The average molecular weight is 325 g/mol. The van der Waals surface area contributed by atoms with Crippen LogP contribution in [0.5, 0.6) is 0 Å². The zero-order chi connectivity index (χ0) is 15.0. The molecular weight excluding hydrogens is 306 g/mol. The van der Waals surface area contributed by atoms with Gasteiger partial charge in [-0.2, -0.15) is 0 Å². The van der Waals surface area contributed by atoms with Crippen molar-refractivity contribution < 1.29 is 8.42 Å². The average Bonchev–Trinajstić information content (AvgIpc) is 3.04. The van der Waals surface area contributed by atoms with E-state index in [2.05, 4.69) is 9.62 Å². The molecule has 2 saturated heterocycles. The Hall–Kier alpha value is -1.02. The lowest BCUT2D eigenvalue weighted by Crippen LogP contribution is -2.42. The summed E-state index contributed by atoms with van der Waals surface area (Å²) in [5.74, 6) is 0. The van der Waals surface area contributed by atoms with Crippen LogP contribution in [0.25, 0.3) is 0 Å². The Labute approximate surface area is 130 Å². The van der Waals surface area contributed by atoms with E-state index in [-0.39, 0.29) is 15.9 Å². The first-order chi connectivity index (χ1) is 9.97. The van der Waals surface area contributed by atoms with Gasteiger partial charge >= 0.3 is 0 Å². The quantitative estimate of drug-likeness (QED) is 0.802. The van der Waals surface area contributed by atoms with Crippen molar-refractivity contribution in [1.82, 2.24) is 9.62 Å². The minimum Gasteiger partial charge on any atom is -0.389 e. The number of nitrogens with one attached hydrogen (secondary N) is 1. The molecule has 3 N–H and O–H groups in total. The molecule has 0 spiro atoms. The van der Waals surface area contributed by atoms with Crippen molar-refractivity contribution in [2.45, 2.75) is 36.2 Å². The molecular formula is C14H19N3O2S2. The van der Waals surface area contributed by atoms with Gasteiger partial charge in [0.05, 0.1) is 4.90 Å². The molecule has 2 unspecified atom stereocenters. The van der Waals surface area contributed by atoms with Gasteiger partial charge in [0.2, 0.25) is 10.0 Å². The molecule has 114 valence electrons. The second kappa shape index (κ2) is 5.64. The number of nitrogens with two attached hydrogens (primary N) is 1. The van der Waals surface area contributed by atoms with Gasteiger partial charge < -0.3 is 5.73 Å². The van der Waals surface area contributed by atoms with Gasteiger partial charge in [-0.05, 0) is 37.9 Å². The normalized spacial score (nSPS) is 25.9. The van der Waals surface area contributed by atoms with Crippen molar-refractivity contribution in [3.05, 3.63) is 29.8 Å². The van der Waals surface area contributed by atoms with E-state index in [1.54, 1.807) is 18.2 Å². The van der Waals surface area contributed by atoms with Crippen molar-refractivity contribution in [1.29, 1.82) is 0 Å². The summed E-state index contributed by atoms with van der Waals surface area (Å²) in [6.07, 6.45) is 3.10. The molecule has 7 heteroatoms. The van der Waals surface area contributed by atoms with Crippen LogP contribution in [0.2, 0.25) is 0 Å². The van der Waals surface area contributed by atoms with Crippen molar-refractivity contribution >= 4 is 27.2 Å². The fourth-order valence-corrected chi connectivity index (χ4v) is 4.78. The van der Waals surface area contributed by atoms with Crippen LogP contribution in [0.3, 0.4) is 0 Å². The van der Waals surface area contributed by atoms with Gasteiger partial charge in [-0.3, -0.25) is 4.90 Å². The first kappa shape index (κ1) is 14.9. The van der Waals surface area contributed by atoms with E-state index in [1.807, 2.05) is 0 Å². The topological polar surface area (TPSA) is 75.4 Å². The van der Waals surface area contributed by atoms with E-state index in [4.69, 9.17) is 18.0 Å². The van der Waals surface area contributed by atoms with Crippen molar-refractivity contribution in [3.8, 4) is 0 Å². The second-order valence-electron chi connectivity index (χ2n) is 5.65. The van der Waals surface area contributed by atoms with Gasteiger partial charge in [-0.25, -0.2) is 13.1 Å². The first-order valence-corrected chi connectivity index (χ1v) is 9.03. The molecule has 0 aliphatic carbocycles. The number of sulfonamides is 1. The molecule has 0 aromatic heterocycles. The number of hydrogen-bond acceptors (Lipinski definition) is 4. The van der Waals surface area contributed by atoms with E-state index in [0.717, 1.165) is 32.4 Å². The Morgan fingerprint density at radius 2 is 2.14 bits per heavy atom. The van der Waals surface area contributed by atoms with E-state index >= 15 is 0 Å². The zero-order valence-electron chi connectivity index (χ0n) is 11.7. The molecule has 2 aliphatic heterocycles. The summed E-state index contributed by atoms with van der Waals surface area (Å²) in [6, 6.07) is 6.84.